The van der Waals surface area contributed by atoms with Crippen LogP contribution < -0.4 is 0 Å². The summed E-state index contributed by atoms with van der Waals surface area (Å²) in [6.45, 7) is 4.90. The zero-order valence-corrected chi connectivity index (χ0v) is 14.2. The van der Waals surface area contributed by atoms with Gasteiger partial charge in [-0.15, -0.1) is 0 Å². The summed E-state index contributed by atoms with van der Waals surface area (Å²) in [5, 5.41) is -0.656. The average Bonchev–Trinajstić information content (AvgIpc) is 2.37. The topological polar surface area (TPSA) is 105 Å². The van der Waals surface area contributed by atoms with Crippen molar-refractivity contribution in [2.45, 2.75) is 57.9 Å². The molecule has 0 saturated carbocycles. The predicted octanol–water partition coefficient (Wildman–Crippen LogP) is 0.808. The molecule has 1 aliphatic rings. The van der Waals surface area contributed by atoms with E-state index in [9.17, 15) is 19.2 Å². The first-order chi connectivity index (χ1) is 10.7. The van der Waals surface area contributed by atoms with Crippen LogP contribution in [0, 0.1) is 0 Å². The Hall–Kier alpha value is -1.61. The Morgan fingerprint density at radius 2 is 1.61 bits per heavy atom. The normalized spacial score (nSPS) is 27.0. The monoisotopic (exact) mass is 348 g/mol. The Balaban J connectivity index is 2.94. The molecular formula is C14H20O8S. The molecule has 0 N–H and O–H groups in total. The minimum Gasteiger partial charge on any atom is -0.463 e. The molecule has 0 amide bonds. The van der Waals surface area contributed by atoms with Crippen LogP contribution in [0.1, 0.15) is 34.1 Å². The maximum atomic E-state index is 11.4. The quantitative estimate of drug-likeness (QED) is 0.527. The molecule has 23 heavy (non-hydrogen) atoms. The van der Waals surface area contributed by atoms with Crippen LogP contribution in [0.3, 0.4) is 0 Å². The van der Waals surface area contributed by atoms with Crippen molar-refractivity contribution in [2.75, 3.05) is 6.61 Å². The second kappa shape index (κ2) is 8.88. The van der Waals surface area contributed by atoms with Gasteiger partial charge < -0.3 is 18.9 Å². The van der Waals surface area contributed by atoms with E-state index in [0.717, 1.165) is 11.8 Å². The summed E-state index contributed by atoms with van der Waals surface area (Å²) in [7, 11) is 0. The van der Waals surface area contributed by atoms with Gasteiger partial charge in [0, 0.05) is 34.1 Å². The molecule has 1 aliphatic heterocycles. The Morgan fingerprint density at radius 1 is 1.00 bits per heavy atom. The lowest BCUT2D eigenvalue weighted by Crippen LogP contribution is -2.52. The van der Waals surface area contributed by atoms with E-state index in [-0.39, 0.29) is 18.1 Å². The van der Waals surface area contributed by atoms with Crippen molar-refractivity contribution in [3.05, 3.63) is 0 Å². The van der Waals surface area contributed by atoms with Crippen molar-refractivity contribution in [2.24, 2.45) is 0 Å². The highest BCUT2D eigenvalue weighted by atomic mass is 32.2. The van der Waals surface area contributed by atoms with Gasteiger partial charge in [0.2, 0.25) is 6.29 Å². The molecule has 1 saturated heterocycles. The van der Waals surface area contributed by atoms with Gasteiger partial charge in [0.1, 0.15) is 18.8 Å². The summed E-state index contributed by atoms with van der Waals surface area (Å²) in [5.74, 6) is -1.62. The minimum absolute atomic E-state index is 0.179. The predicted molar refractivity (Wildman–Crippen MR) is 79.3 cm³/mol. The highest BCUT2D eigenvalue weighted by Gasteiger charge is 2.43. The van der Waals surface area contributed by atoms with Crippen LogP contribution >= 0.6 is 11.8 Å². The number of carbonyl (C=O) groups is 4. The third-order valence-corrected chi connectivity index (χ3v) is 3.95. The first-order valence-corrected chi connectivity index (χ1v) is 7.87. The van der Waals surface area contributed by atoms with Gasteiger partial charge in [0.25, 0.3) is 0 Å². The van der Waals surface area contributed by atoms with Gasteiger partial charge in [-0.2, -0.15) is 0 Å². The van der Waals surface area contributed by atoms with Crippen LogP contribution in [0.4, 0.5) is 0 Å². The summed E-state index contributed by atoms with van der Waals surface area (Å²) >= 11 is 0.966. The zero-order chi connectivity index (χ0) is 17.6. The van der Waals surface area contributed by atoms with Crippen LogP contribution in [-0.2, 0) is 38.1 Å². The molecule has 0 aromatic rings. The molecule has 9 heteroatoms. The maximum absolute atomic E-state index is 11.4. The van der Waals surface area contributed by atoms with Crippen LogP contribution in [0.15, 0.2) is 0 Å². The molecule has 1 rings (SSSR count). The van der Waals surface area contributed by atoms with Crippen molar-refractivity contribution >= 4 is 34.8 Å². The SMILES string of the molecule is CC(=O)OC[C@H]1O[C@H](OC(C)=O)C[C@@H](SC(C)=O)[C@@H]1OC(C)=O. The van der Waals surface area contributed by atoms with Crippen molar-refractivity contribution in [1.29, 1.82) is 0 Å². The highest BCUT2D eigenvalue weighted by molar-refractivity contribution is 8.14. The molecule has 0 radical (unpaired) electrons. The molecule has 0 aliphatic carbocycles. The molecule has 1 heterocycles. The molecule has 0 spiro atoms. The van der Waals surface area contributed by atoms with E-state index in [4.69, 9.17) is 18.9 Å². The van der Waals surface area contributed by atoms with Crippen LogP contribution in [0.2, 0.25) is 0 Å². The number of hydrogen-bond donors (Lipinski definition) is 0. The summed E-state index contributed by atoms with van der Waals surface area (Å²) < 4.78 is 20.7. The van der Waals surface area contributed by atoms with Crippen molar-refractivity contribution in [3.8, 4) is 0 Å². The fourth-order valence-corrected chi connectivity index (χ4v) is 3.20. The smallest absolute Gasteiger partial charge is 0.304 e. The van der Waals surface area contributed by atoms with Gasteiger partial charge in [-0.3, -0.25) is 19.2 Å². The first kappa shape index (κ1) is 19.4. The molecule has 0 unspecified atom stereocenters. The first-order valence-electron chi connectivity index (χ1n) is 6.99. The van der Waals surface area contributed by atoms with E-state index >= 15 is 0 Å². The fraction of sp³-hybridized carbons (Fsp3) is 0.714. The molecule has 130 valence electrons. The standard InChI is InChI=1S/C14H20O8S/c1-7(15)19-6-11-14(21-9(3)17)12(23-10(4)18)5-13(22-11)20-8(2)16/h11-14H,5-6H2,1-4H3/t11-,12-,13+,14-/m1/s1. The highest BCUT2D eigenvalue weighted by Crippen LogP contribution is 2.33. The van der Waals surface area contributed by atoms with Gasteiger partial charge in [0.05, 0.1) is 5.25 Å². The second-order valence-electron chi connectivity index (χ2n) is 4.97. The summed E-state index contributed by atoms with van der Waals surface area (Å²) in [4.78, 5) is 44.9. The number of ether oxygens (including phenoxy) is 4. The molecule has 8 nitrogen and oxygen atoms in total. The number of thioether (sulfide) groups is 1. The number of carbonyl (C=O) groups excluding carboxylic acids is 4. The Kier molecular flexibility index (Phi) is 7.50. The average molecular weight is 348 g/mol. The molecule has 0 bridgehead atoms. The third-order valence-electron chi connectivity index (χ3n) is 2.85. The number of hydrogen-bond acceptors (Lipinski definition) is 9. The largest absolute Gasteiger partial charge is 0.463 e. The lowest BCUT2D eigenvalue weighted by atomic mass is 10.0. The molecule has 4 atom stereocenters. The second-order valence-corrected chi connectivity index (χ2v) is 6.39. The van der Waals surface area contributed by atoms with E-state index in [1.165, 1.54) is 27.7 Å². The maximum Gasteiger partial charge on any atom is 0.304 e. The minimum atomic E-state index is -0.906. The Morgan fingerprint density at radius 3 is 2.09 bits per heavy atom. The number of rotatable bonds is 5. The van der Waals surface area contributed by atoms with Crippen LogP contribution in [0.5, 0.6) is 0 Å². The van der Waals surface area contributed by atoms with Gasteiger partial charge in [-0.05, 0) is 0 Å². The Labute approximate surface area is 138 Å². The lowest BCUT2D eigenvalue weighted by molar-refractivity contribution is -0.232. The van der Waals surface area contributed by atoms with Crippen molar-refractivity contribution in [1.82, 2.24) is 0 Å². The molecule has 1 fully saturated rings. The van der Waals surface area contributed by atoms with E-state index in [0.29, 0.717) is 0 Å². The molecular weight excluding hydrogens is 328 g/mol. The lowest BCUT2D eigenvalue weighted by Gasteiger charge is -2.39. The third kappa shape index (κ3) is 7.00. The van der Waals surface area contributed by atoms with Crippen LogP contribution in [-0.4, -0.2) is 53.4 Å². The summed E-state index contributed by atoms with van der Waals surface area (Å²) in [6, 6.07) is 0. The zero-order valence-electron chi connectivity index (χ0n) is 13.4. The van der Waals surface area contributed by atoms with E-state index in [1.807, 2.05) is 0 Å². The van der Waals surface area contributed by atoms with E-state index < -0.39 is 41.7 Å². The van der Waals surface area contributed by atoms with Gasteiger partial charge in [-0.25, -0.2) is 0 Å². The summed E-state index contributed by atoms with van der Waals surface area (Å²) in [6.07, 6.45) is -2.36. The fourth-order valence-electron chi connectivity index (χ4n) is 2.16. The van der Waals surface area contributed by atoms with Gasteiger partial charge in [0.15, 0.2) is 5.12 Å². The van der Waals surface area contributed by atoms with Crippen LogP contribution in [0.25, 0.3) is 0 Å². The molecule has 0 aromatic heterocycles. The van der Waals surface area contributed by atoms with Gasteiger partial charge >= 0.3 is 17.9 Å². The molecule has 0 aromatic carbocycles. The van der Waals surface area contributed by atoms with E-state index in [1.54, 1.807) is 0 Å². The number of esters is 3. The van der Waals surface area contributed by atoms with Crippen molar-refractivity contribution in [3.63, 3.8) is 0 Å². The van der Waals surface area contributed by atoms with Gasteiger partial charge in [-0.1, -0.05) is 11.8 Å². The van der Waals surface area contributed by atoms with Crippen molar-refractivity contribution < 1.29 is 38.1 Å². The Bertz CT molecular complexity index is 477. The summed E-state index contributed by atoms with van der Waals surface area (Å²) in [5.41, 5.74) is 0. The van der Waals surface area contributed by atoms with E-state index in [2.05, 4.69) is 0 Å².